The number of hydrogen-bond donors (Lipinski definition) is 2. The van der Waals surface area contributed by atoms with Gasteiger partial charge in [0.15, 0.2) is 5.16 Å². The van der Waals surface area contributed by atoms with Crippen LogP contribution in [0.25, 0.3) is 0 Å². The van der Waals surface area contributed by atoms with Crippen molar-refractivity contribution in [1.82, 2.24) is 9.97 Å². The van der Waals surface area contributed by atoms with Crippen LogP contribution < -0.4 is 14.9 Å². The van der Waals surface area contributed by atoms with Gasteiger partial charge in [-0.15, -0.1) is 0 Å². The molecule has 3 aromatic rings. The lowest BCUT2D eigenvalue weighted by molar-refractivity contribution is 0.607. The molecule has 0 atom stereocenters. The van der Waals surface area contributed by atoms with Crippen LogP contribution in [0.5, 0.6) is 0 Å². The van der Waals surface area contributed by atoms with Crippen molar-refractivity contribution >= 4 is 56.4 Å². The molecule has 164 valence electrons. The molecule has 0 unspecified atom stereocenters. The van der Waals surface area contributed by atoms with Crippen LogP contribution in [0, 0.1) is 0 Å². The van der Waals surface area contributed by atoms with Crippen molar-refractivity contribution in [3.8, 4) is 0 Å². The highest BCUT2D eigenvalue weighted by atomic mass is 35.5. The summed E-state index contributed by atoms with van der Waals surface area (Å²) in [6.07, 6.45) is 1.12. The third-order valence-corrected chi connectivity index (χ3v) is 5.99. The van der Waals surface area contributed by atoms with E-state index in [2.05, 4.69) is 33.8 Å². The van der Waals surface area contributed by atoms with E-state index in [1.54, 1.807) is 12.1 Å². The van der Waals surface area contributed by atoms with Crippen LogP contribution in [0.2, 0.25) is 5.02 Å². The Morgan fingerprint density at radius 2 is 1.58 bits per heavy atom. The largest absolute Gasteiger partial charge is 0.357 e. The predicted octanol–water partition coefficient (Wildman–Crippen LogP) is 5.24. The molecule has 0 spiro atoms. The Labute approximate surface area is 192 Å². The number of anilines is 4. The molecule has 0 aliphatic carbocycles. The molecule has 0 saturated heterocycles. The lowest BCUT2D eigenvalue weighted by Crippen LogP contribution is -2.23. The van der Waals surface area contributed by atoms with Gasteiger partial charge in [0.2, 0.25) is 10.0 Å². The molecule has 1 heterocycles. The highest BCUT2D eigenvalue weighted by Crippen LogP contribution is 2.30. The molecule has 2 N–H and O–H groups in total. The maximum atomic E-state index is 11.4. The number of halogens is 1. The molecule has 10 heteroatoms. The summed E-state index contributed by atoms with van der Waals surface area (Å²) in [5, 5.41) is 4.57. The summed E-state index contributed by atoms with van der Waals surface area (Å²) in [6, 6.07) is 16.4. The molecule has 0 bridgehead atoms. The number of aromatic nitrogens is 2. The Balaban J connectivity index is 1.87. The van der Waals surface area contributed by atoms with Crippen molar-refractivity contribution in [1.29, 1.82) is 0 Å². The Morgan fingerprint density at radius 1 is 0.968 bits per heavy atom. The normalized spacial score (nSPS) is 11.2. The van der Waals surface area contributed by atoms with Gasteiger partial charge in [-0.25, -0.2) is 18.4 Å². The van der Waals surface area contributed by atoms with Crippen LogP contribution in [0.15, 0.2) is 64.6 Å². The topological polar surface area (TPSA) is 87.2 Å². The van der Waals surface area contributed by atoms with E-state index in [1.807, 2.05) is 42.5 Å². The van der Waals surface area contributed by atoms with E-state index in [1.165, 1.54) is 11.8 Å². The van der Waals surface area contributed by atoms with E-state index in [0.717, 1.165) is 35.7 Å². The zero-order chi connectivity index (χ0) is 22.4. The summed E-state index contributed by atoms with van der Waals surface area (Å²) in [7, 11) is -3.31. The van der Waals surface area contributed by atoms with Crippen LogP contribution in [-0.2, 0) is 10.0 Å². The highest BCUT2D eigenvalue weighted by molar-refractivity contribution is 7.99. The van der Waals surface area contributed by atoms with Gasteiger partial charge in [0.25, 0.3) is 0 Å². The van der Waals surface area contributed by atoms with Gasteiger partial charge in [0, 0.05) is 40.4 Å². The molecular formula is C21H24ClN5O2S2. The van der Waals surface area contributed by atoms with Crippen molar-refractivity contribution < 1.29 is 8.42 Å². The number of benzene rings is 2. The fourth-order valence-electron chi connectivity index (χ4n) is 2.82. The van der Waals surface area contributed by atoms with Crippen LogP contribution in [0.1, 0.15) is 13.8 Å². The predicted molar refractivity (Wildman–Crippen MR) is 129 cm³/mol. The molecule has 0 fully saturated rings. The quantitative estimate of drug-likeness (QED) is 0.407. The standard InChI is InChI=1S/C21H24ClN5O2S2/c1-4-27(5-2)20-14-19(23-16-8-6-15(22)7-9-16)24-21(25-20)30-18-12-10-17(11-13-18)26-31(3,28)29/h6-14,26H,4-5H2,1-3H3,(H,23,24,25). The Bertz CT molecular complexity index is 1120. The van der Waals surface area contributed by atoms with Crippen molar-refractivity contribution in [2.24, 2.45) is 0 Å². The molecule has 0 aliphatic rings. The summed E-state index contributed by atoms with van der Waals surface area (Å²) >= 11 is 7.39. The van der Waals surface area contributed by atoms with Gasteiger partial charge < -0.3 is 10.2 Å². The van der Waals surface area contributed by atoms with E-state index in [0.29, 0.717) is 21.7 Å². The monoisotopic (exact) mass is 477 g/mol. The minimum absolute atomic E-state index is 0.509. The first-order valence-electron chi connectivity index (χ1n) is 9.68. The second-order valence-electron chi connectivity index (χ2n) is 6.70. The molecular weight excluding hydrogens is 454 g/mol. The molecule has 7 nitrogen and oxygen atoms in total. The maximum absolute atomic E-state index is 11.4. The first-order valence-corrected chi connectivity index (χ1v) is 12.8. The maximum Gasteiger partial charge on any atom is 0.229 e. The van der Waals surface area contributed by atoms with Gasteiger partial charge in [-0.3, -0.25) is 4.72 Å². The molecule has 0 saturated carbocycles. The van der Waals surface area contributed by atoms with E-state index in [4.69, 9.17) is 16.6 Å². The van der Waals surface area contributed by atoms with Crippen molar-refractivity contribution in [3.05, 3.63) is 59.6 Å². The fraction of sp³-hybridized carbons (Fsp3) is 0.238. The van der Waals surface area contributed by atoms with E-state index < -0.39 is 10.0 Å². The average Bonchev–Trinajstić information content (AvgIpc) is 2.71. The highest BCUT2D eigenvalue weighted by Gasteiger charge is 2.11. The Kier molecular flexibility index (Phi) is 7.64. The SMILES string of the molecule is CCN(CC)c1cc(Nc2ccc(Cl)cc2)nc(Sc2ccc(NS(C)(=O)=O)cc2)n1. The number of nitrogens with one attached hydrogen (secondary N) is 2. The van der Waals surface area contributed by atoms with E-state index in [9.17, 15) is 8.42 Å². The zero-order valence-corrected chi connectivity index (χ0v) is 19.9. The molecule has 1 aromatic heterocycles. The second kappa shape index (κ2) is 10.2. The third-order valence-electron chi connectivity index (χ3n) is 4.26. The molecule has 0 radical (unpaired) electrons. The van der Waals surface area contributed by atoms with Gasteiger partial charge in [0.05, 0.1) is 6.26 Å². The lowest BCUT2D eigenvalue weighted by atomic mass is 10.3. The van der Waals surface area contributed by atoms with Gasteiger partial charge in [-0.1, -0.05) is 11.6 Å². The minimum Gasteiger partial charge on any atom is -0.357 e. The molecule has 31 heavy (non-hydrogen) atoms. The van der Waals surface area contributed by atoms with Gasteiger partial charge in [0.1, 0.15) is 11.6 Å². The number of nitrogens with zero attached hydrogens (tertiary/aromatic N) is 3. The zero-order valence-electron chi connectivity index (χ0n) is 17.5. The lowest BCUT2D eigenvalue weighted by Gasteiger charge is -2.21. The Hall–Kier alpha value is -2.49. The number of hydrogen-bond acceptors (Lipinski definition) is 7. The Morgan fingerprint density at radius 3 is 2.16 bits per heavy atom. The van der Waals surface area contributed by atoms with Gasteiger partial charge in [-0.05, 0) is 74.1 Å². The first-order chi connectivity index (χ1) is 14.8. The van der Waals surface area contributed by atoms with Crippen molar-refractivity contribution in [2.75, 3.05) is 34.3 Å². The van der Waals surface area contributed by atoms with E-state index >= 15 is 0 Å². The average molecular weight is 478 g/mol. The van der Waals surface area contributed by atoms with Gasteiger partial charge in [-0.2, -0.15) is 0 Å². The smallest absolute Gasteiger partial charge is 0.229 e. The molecule has 0 aliphatic heterocycles. The summed E-state index contributed by atoms with van der Waals surface area (Å²) in [5.41, 5.74) is 1.38. The van der Waals surface area contributed by atoms with Crippen LogP contribution in [0.3, 0.4) is 0 Å². The summed E-state index contributed by atoms with van der Waals surface area (Å²) in [5.74, 6) is 1.51. The van der Waals surface area contributed by atoms with Crippen LogP contribution in [-0.4, -0.2) is 37.7 Å². The molecule has 2 aromatic carbocycles. The van der Waals surface area contributed by atoms with Gasteiger partial charge >= 0.3 is 0 Å². The van der Waals surface area contributed by atoms with Crippen molar-refractivity contribution in [3.63, 3.8) is 0 Å². The first kappa shape index (κ1) is 23.2. The summed E-state index contributed by atoms with van der Waals surface area (Å²) in [4.78, 5) is 12.4. The van der Waals surface area contributed by atoms with Crippen LogP contribution in [0.4, 0.5) is 23.0 Å². The minimum atomic E-state index is -3.31. The fourth-order valence-corrected chi connectivity index (χ4v) is 4.28. The second-order valence-corrected chi connectivity index (χ2v) is 9.92. The molecule has 0 amide bonds. The van der Waals surface area contributed by atoms with E-state index in [-0.39, 0.29) is 0 Å². The van der Waals surface area contributed by atoms with Crippen molar-refractivity contribution in [2.45, 2.75) is 23.9 Å². The third kappa shape index (κ3) is 7.02. The summed E-state index contributed by atoms with van der Waals surface area (Å²) < 4.78 is 25.2. The number of rotatable bonds is 9. The molecule has 3 rings (SSSR count). The summed E-state index contributed by atoms with van der Waals surface area (Å²) in [6.45, 7) is 5.81. The number of sulfonamides is 1. The van der Waals surface area contributed by atoms with Crippen LogP contribution >= 0.6 is 23.4 Å².